The Morgan fingerprint density at radius 3 is 2.83 bits per heavy atom. The number of H-pyrrole nitrogens is 1. The number of nitrogens with zero attached hydrogens (tertiary/aromatic N) is 3. The zero-order valence-electron chi connectivity index (χ0n) is 6.32. The highest BCUT2D eigenvalue weighted by atomic mass is 16.4. The average Bonchev–Trinajstić information content (AvgIpc) is 2.61. The van der Waals surface area contributed by atoms with E-state index in [1.165, 1.54) is 0 Å². The van der Waals surface area contributed by atoms with Crippen molar-refractivity contribution >= 4 is 5.97 Å². The van der Waals surface area contributed by atoms with Crippen molar-refractivity contribution in [3.8, 4) is 0 Å². The number of aromatic nitrogens is 4. The monoisotopic (exact) mass is 168 g/mol. The van der Waals surface area contributed by atoms with Gasteiger partial charge in [-0.25, -0.2) is 0 Å². The number of carboxylic acids is 1. The third kappa shape index (κ3) is 1.05. The first kappa shape index (κ1) is 7.20. The lowest BCUT2D eigenvalue weighted by atomic mass is 10.0. The van der Waals surface area contributed by atoms with Gasteiger partial charge in [-0.1, -0.05) is 5.21 Å². The molecular weight excluding hydrogens is 160 g/mol. The van der Waals surface area contributed by atoms with Crippen LogP contribution in [-0.2, 0) is 10.2 Å². The molecule has 6 heteroatoms. The van der Waals surface area contributed by atoms with Gasteiger partial charge in [-0.3, -0.25) is 4.79 Å². The number of carboxylic acid groups (broad SMARTS) is 1. The lowest BCUT2D eigenvalue weighted by Gasteiger charge is -2.04. The van der Waals surface area contributed by atoms with Gasteiger partial charge in [-0.2, -0.15) is 5.21 Å². The predicted octanol–water partition coefficient (Wildman–Crippen LogP) is -0.294. The highest BCUT2D eigenvalue weighted by Crippen LogP contribution is 2.49. The fraction of sp³-hybridized carbons (Fsp3) is 0.667. The van der Waals surface area contributed by atoms with Crippen molar-refractivity contribution in [1.82, 2.24) is 20.6 Å². The Labute approximate surface area is 68.0 Å². The van der Waals surface area contributed by atoms with Crippen LogP contribution in [0.5, 0.6) is 0 Å². The lowest BCUT2D eigenvalue weighted by Crippen LogP contribution is -2.14. The van der Waals surface area contributed by atoms with E-state index >= 15 is 0 Å². The van der Waals surface area contributed by atoms with E-state index in [9.17, 15) is 4.79 Å². The molecule has 1 saturated carbocycles. The Morgan fingerprint density at radius 1 is 1.67 bits per heavy atom. The van der Waals surface area contributed by atoms with Gasteiger partial charge in [0, 0.05) is 5.41 Å². The molecule has 2 rings (SSSR count). The summed E-state index contributed by atoms with van der Waals surface area (Å²) < 4.78 is 0. The standard InChI is InChI=1S/C6H8N4O2/c11-4(12)3-6(1-2-6)5-7-9-10-8-5/h1-3H2,(H,11,12)(H,7,8,9,10). The first-order valence-corrected chi connectivity index (χ1v) is 3.69. The normalized spacial score (nSPS) is 19.0. The maximum absolute atomic E-state index is 10.5. The Balaban J connectivity index is 2.17. The maximum Gasteiger partial charge on any atom is 0.304 e. The second-order valence-electron chi connectivity index (χ2n) is 3.09. The molecule has 1 aromatic rings. The molecule has 0 spiro atoms. The first-order chi connectivity index (χ1) is 5.73. The van der Waals surface area contributed by atoms with E-state index in [1.807, 2.05) is 0 Å². The van der Waals surface area contributed by atoms with Gasteiger partial charge in [0.05, 0.1) is 6.42 Å². The van der Waals surface area contributed by atoms with Gasteiger partial charge in [0.25, 0.3) is 0 Å². The minimum absolute atomic E-state index is 0.104. The molecule has 0 saturated heterocycles. The maximum atomic E-state index is 10.5. The highest BCUT2D eigenvalue weighted by molar-refractivity contribution is 5.69. The number of nitrogens with one attached hydrogen (secondary N) is 1. The van der Waals surface area contributed by atoms with E-state index in [1.54, 1.807) is 0 Å². The minimum atomic E-state index is -0.808. The smallest absolute Gasteiger partial charge is 0.304 e. The van der Waals surface area contributed by atoms with E-state index in [0.717, 1.165) is 12.8 Å². The topological polar surface area (TPSA) is 91.8 Å². The van der Waals surface area contributed by atoms with Gasteiger partial charge in [0.2, 0.25) is 0 Å². The fourth-order valence-corrected chi connectivity index (χ4v) is 1.31. The second-order valence-corrected chi connectivity index (χ2v) is 3.09. The molecule has 2 N–H and O–H groups in total. The number of aromatic amines is 1. The van der Waals surface area contributed by atoms with Crippen molar-refractivity contribution in [2.45, 2.75) is 24.7 Å². The van der Waals surface area contributed by atoms with Crippen LogP contribution in [0.1, 0.15) is 25.1 Å². The minimum Gasteiger partial charge on any atom is -0.481 e. The Kier molecular flexibility index (Phi) is 1.36. The second kappa shape index (κ2) is 2.26. The summed E-state index contributed by atoms with van der Waals surface area (Å²) in [5.41, 5.74) is -0.321. The molecule has 1 aromatic heterocycles. The molecule has 1 aliphatic rings. The molecule has 0 radical (unpaired) electrons. The molecule has 0 aliphatic heterocycles. The van der Waals surface area contributed by atoms with E-state index in [0.29, 0.717) is 5.82 Å². The highest BCUT2D eigenvalue weighted by Gasteiger charge is 2.49. The first-order valence-electron chi connectivity index (χ1n) is 3.69. The summed E-state index contributed by atoms with van der Waals surface area (Å²) in [5, 5.41) is 21.9. The van der Waals surface area contributed by atoms with E-state index in [-0.39, 0.29) is 11.8 Å². The molecule has 0 bridgehead atoms. The molecule has 1 aliphatic carbocycles. The van der Waals surface area contributed by atoms with Crippen LogP contribution in [0.25, 0.3) is 0 Å². The summed E-state index contributed by atoms with van der Waals surface area (Å²) in [4.78, 5) is 10.5. The van der Waals surface area contributed by atoms with Crippen LogP contribution in [0.4, 0.5) is 0 Å². The van der Waals surface area contributed by atoms with Gasteiger partial charge in [0.1, 0.15) is 0 Å². The van der Waals surface area contributed by atoms with E-state index in [4.69, 9.17) is 5.11 Å². The van der Waals surface area contributed by atoms with Crippen LogP contribution in [0.3, 0.4) is 0 Å². The summed E-state index contributed by atoms with van der Waals surface area (Å²) in [7, 11) is 0. The third-order valence-corrected chi connectivity index (χ3v) is 2.16. The molecule has 12 heavy (non-hydrogen) atoms. The van der Waals surface area contributed by atoms with Crippen LogP contribution < -0.4 is 0 Å². The fourth-order valence-electron chi connectivity index (χ4n) is 1.31. The number of aliphatic carboxylic acids is 1. The van der Waals surface area contributed by atoms with Crippen LogP contribution in [0.15, 0.2) is 0 Å². The van der Waals surface area contributed by atoms with Crippen LogP contribution >= 0.6 is 0 Å². The Hall–Kier alpha value is -1.46. The SMILES string of the molecule is O=C(O)CC1(c2nn[nH]n2)CC1. The molecule has 1 heterocycles. The Morgan fingerprint density at radius 2 is 2.42 bits per heavy atom. The van der Waals surface area contributed by atoms with Gasteiger partial charge >= 0.3 is 5.97 Å². The van der Waals surface area contributed by atoms with Crippen LogP contribution in [0.2, 0.25) is 0 Å². The third-order valence-electron chi connectivity index (χ3n) is 2.16. The number of hydrogen-bond acceptors (Lipinski definition) is 4. The molecule has 64 valence electrons. The molecular formula is C6H8N4O2. The summed E-state index contributed by atoms with van der Waals surface area (Å²) in [6, 6.07) is 0. The number of hydrogen-bond donors (Lipinski definition) is 2. The van der Waals surface area contributed by atoms with Gasteiger partial charge < -0.3 is 5.11 Å². The molecule has 0 unspecified atom stereocenters. The van der Waals surface area contributed by atoms with Crippen molar-refractivity contribution in [1.29, 1.82) is 0 Å². The number of rotatable bonds is 3. The van der Waals surface area contributed by atoms with Crippen molar-refractivity contribution in [2.75, 3.05) is 0 Å². The van der Waals surface area contributed by atoms with Crippen molar-refractivity contribution in [3.05, 3.63) is 5.82 Å². The van der Waals surface area contributed by atoms with Crippen molar-refractivity contribution in [2.24, 2.45) is 0 Å². The number of tetrazole rings is 1. The quantitative estimate of drug-likeness (QED) is 0.646. The summed E-state index contributed by atoms with van der Waals surface area (Å²) in [5.74, 6) is -0.276. The van der Waals surface area contributed by atoms with Gasteiger partial charge in [-0.05, 0) is 12.8 Å². The van der Waals surface area contributed by atoms with Gasteiger partial charge in [0.15, 0.2) is 5.82 Å². The lowest BCUT2D eigenvalue weighted by molar-refractivity contribution is -0.137. The zero-order chi connectivity index (χ0) is 8.60. The average molecular weight is 168 g/mol. The summed E-state index contributed by atoms with van der Waals surface area (Å²) >= 11 is 0. The molecule has 0 amide bonds. The van der Waals surface area contributed by atoms with Crippen molar-refractivity contribution < 1.29 is 9.90 Å². The van der Waals surface area contributed by atoms with E-state index < -0.39 is 5.97 Å². The number of carbonyl (C=O) groups is 1. The molecule has 0 aromatic carbocycles. The largest absolute Gasteiger partial charge is 0.481 e. The molecule has 6 nitrogen and oxygen atoms in total. The summed E-state index contributed by atoms with van der Waals surface area (Å²) in [6.07, 6.45) is 1.80. The zero-order valence-corrected chi connectivity index (χ0v) is 6.32. The molecule has 1 fully saturated rings. The van der Waals surface area contributed by atoms with Crippen LogP contribution in [0, 0.1) is 0 Å². The predicted molar refractivity (Wildman–Crippen MR) is 37.3 cm³/mol. The van der Waals surface area contributed by atoms with Crippen molar-refractivity contribution in [3.63, 3.8) is 0 Å². The van der Waals surface area contributed by atoms with Crippen LogP contribution in [-0.4, -0.2) is 31.7 Å². The summed E-state index contributed by atoms with van der Waals surface area (Å²) in [6.45, 7) is 0. The molecule has 0 atom stereocenters. The van der Waals surface area contributed by atoms with E-state index in [2.05, 4.69) is 20.6 Å². The van der Waals surface area contributed by atoms with Gasteiger partial charge in [-0.15, -0.1) is 10.2 Å². The Bertz CT molecular complexity index is 291.